The Morgan fingerprint density at radius 1 is 1.08 bits per heavy atom. The molecule has 0 radical (unpaired) electrons. The summed E-state index contributed by atoms with van der Waals surface area (Å²) in [4.78, 5) is 0. The Morgan fingerprint density at radius 2 is 1.44 bits per heavy atom. The van der Waals surface area contributed by atoms with Gasteiger partial charge in [-0.3, -0.25) is 0 Å². The molecule has 25 heavy (non-hydrogen) atoms. The Balaban J connectivity index is -0.000000127. The van der Waals surface area contributed by atoms with Crippen LogP contribution in [0.4, 0.5) is 4.39 Å². The first-order valence-corrected chi connectivity index (χ1v) is 9.40. The second-order valence-corrected chi connectivity index (χ2v) is 5.59. The lowest BCUT2D eigenvalue weighted by molar-refractivity contribution is 0.627. The molecule has 0 N–H and O–H groups in total. The number of rotatable bonds is 3. The highest BCUT2D eigenvalue weighted by atomic mass is 35.5. The quantitative estimate of drug-likeness (QED) is 0.465. The molecule has 0 heterocycles. The molecule has 1 aromatic rings. The average Bonchev–Trinajstić information content (AvgIpc) is 2.59. The van der Waals surface area contributed by atoms with Gasteiger partial charge in [0.25, 0.3) is 0 Å². The maximum atomic E-state index is 12.3. The molecule has 2 heteroatoms. The van der Waals surface area contributed by atoms with Gasteiger partial charge in [-0.15, -0.1) is 6.58 Å². The standard InChI is InChI=1S/C9H11F.C6H12.C3H5Cl.C3H6.C2H6/c1-2-3-8-4-6-9(10)7-5-8;1-4-6(3)5-2;1-3(2)4;1-3-2;1-2/h4-7H,2-3H2,1H3;4H,5H2,1-3H3;1H2,2H3;3H,1H2,2H3;1-2H3/b;6-4+;;;. The van der Waals surface area contributed by atoms with Crippen LogP contribution in [0.5, 0.6) is 0 Å². The minimum absolute atomic E-state index is 0.153. The number of hydrogen-bond donors (Lipinski definition) is 0. The molecule has 0 saturated carbocycles. The van der Waals surface area contributed by atoms with Crippen molar-refractivity contribution in [2.24, 2.45) is 0 Å². The predicted molar refractivity (Wildman–Crippen MR) is 118 cm³/mol. The average molecular weight is 371 g/mol. The Hall–Kier alpha value is -1.34. The van der Waals surface area contributed by atoms with Crippen molar-refractivity contribution in [3.63, 3.8) is 0 Å². The van der Waals surface area contributed by atoms with E-state index >= 15 is 0 Å². The maximum Gasteiger partial charge on any atom is 0.123 e. The van der Waals surface area contributed by atoms with Gasteiger partial charge >= 0.3 is 0 Å². The molecule has 146 valence electrons. The van der Waals surface area contributed by atoms with E-state index in [-0.39, 0.29) is 5.82 Å². The molecule has 0 amide bonds. The second kappa shape index (κ2) is 27.5. The van der Waals surface area contributed by atoms with E-state index in [1.54, 1.807) is 13.0 Å². The summed E-state index contributed by atoms with van der Waals surface area (Å²) in [5, 5.41) is 0.639. The van der Waals surface area contributed by atoms with E-state index < -0.39 is 0 Å². The zero-order valence-electron chi connectivity index (χ0n) is 17.8. The van der Waals surface area contributed by atoms with Crippen molar-refractivity contribution in [2.75, 3.05) is 0 Å². The summed E-state index contributed by atoms with van der Waals surface area (Å²) < 4.78 is 12.3. The van der Waals surface area contributed by atoms with Gasteiger partial charge in [0.05, 0.1) is 0 Å². The molecule has 0 aromatic heterocycles. The second-order valence-electron chi connectivity index (χ2n) is 4.95. The summed E-state index contributed by atoms with van der Waals surface area (Å²) in [5.41, 5.74) is 2.68. The largest absolute Gasteiger partial charge is 0.207 e. The fourth-order valence-electron chi connectivity index (χ4n) is 1.14. The lowest BCUT2D eigenvalue weighted by atomic mass is 10.1. The molecule has 0 spiro atoms. The van der Waals surface area contributed by atoms with Crippen LogP contribution in [0.3, 0.4) is 0 Å². The molecule has 1 aromatic carbocycles. The van der Waals surface area contributed by atoms with Crippen LogP contribution in [0, 0.1) is 5.82 Å². The molecule has 1 rings (SSSR count). The SMILES string of the molecule is C/C=C(\C)CC.C=C(C)Cl.C=CC.CC.CCCc1ccc(F)cc1. The zero-order chi connectivity index (χ0) is 20.7. The highest BCUT2D eigenvalue weighted by molar-refractivity contribution is 6.28. The Bertz CT molecular complexity index is 412. The molecule has 0 fully saturated rings. The molecule has 0 atom stereocenters. The Morgan fingerprint density at radius 3 is 1.64 bits per heavy atom. The molecule has 0 nitrogen and oxygen atoms in total. The molecular weight excluding hydrogens is 331 g/mol. The number of halogens is 2. The Labute approximate surface area is 162 Å². The van der Waals surface area contributed by atoms with E-state index in [9.17, 15) is 4.39 Å². The topological polar surface area (TPSA) is 0 Å². The predicted octanol–water partition coefficient (Wildman–Crippen LogP) is 9.12. The van der Waals surface area contributed by atoms with Crippen LogP contribution < -0.4 is 0 Å². The van der Waals surface area contributed by atoms with Crippen LogP contribution >= 0.6 is 11.6 Å². The number of benzene rings is 1. The van der Waals surface area contributed by atoms with Gasteiger partial charge in [-0.1, -0.05) is 82.2 Å². The summed E-state index contributed by atoms with van der Waals surface area (Å²) in [5.74, 6) is -0.153. The third kappa shape index (κ3) is 39.4. The minimum Gasteiger partial charge on any atom is -0.207 e. The van der Waals surface area contributed by atoms with Crippen molar-refractivity contribution >= 4 is 11.6 Å². The monoisotopic (exact) mass is 370 g/mol. The van der Waals surface area contributed by atoms with Gasteiger partial charge in [0, 0.05) is 5.03 Å². The summed E-state index contributed by atoms with van der Waals surface area (Å²) in [7, 11) is 0. The van der Waals surface area contributed by atoms with Crippen molar-refractivity contribution in [3.8, 4) is 0 Å². The van der Waals surface area contributed by atoms with Crippen LogP contribution in [-0.4, -0.2) is 0 Å². The third-order valence-electron chi connectivity index (χ3n) is 2.50. The van der Waals surface area contributed by atoms with Crippen molar-refractivity contribution in [1.29, 1.82) is 0 Å². The van der Waals surface area contributed by atoms with E-state index in [1.807, 2.05) is 32.9 Å². The highest BCUT2D eigenvalue weighted by Gasteiger charge is 1.90. The van der Waals surface area contributed by atoms with Gasteiger partial charge in [0.15, 0.2) is 0 Å². The van der Waals surface area contributed by atoms with Crippen molar-refractivity contribution in [2.45, 2.75) is 74.7 Å². The first-order valence-electron chi connectivity index (χ1n) is 9.03. The van der Waals surface area contributed by atoms with Gasteiger partial charge in [0.1, 0.15) is 5.82 Å². The smallest absolute Gasteiger partial charge is 0.123 e. The number of allylic oxidation sites excluding steroid dienone is 4. The van der Waals surface area contributed by atoms with E-state index in [0.717, 1.165) is 12.8 Å². The third-order valence-corrected chi connectivity index (χ3v) is 2.50. The van der Waals surface area contributed by atoms with Gasteiger partial charge in [0.2, 0.25) is 0 Å². The first kappa shape index (κ1) is 31.4. The molecular formula is C23H40ClF. The minimum atomic E-state index is -0.153. The van der Waals surface area contributed by atoms with E-state index in [0.29, 0.717) is 5.03 Å². The van der Waals surface area contributed by atoms with Gasteiger partial charge in [-0.05, 0) is 58.2 Å². The maximum absolute atomic E-state index is 12.3. The fourth-order valence-corrected chi connectivity index (χ4v) is 1.14. The van der Waals surface area contributed by atoms with Crippen molar-refractivity contribution in [1.82, 2.24) is 0 Å². The first-order chi connectivity index (χ1) is 11.8. The summed E-state index contributed by atoms with van der Waals surface area (Å²) >= 11 is 5.08. The lowest BCUT2D eigenvalue weighted by Crippen LogP contribution is -1.81. The molecule has 0 unspecified atom stereocenters. The molecule has 0 bridgehead atoms. The molecule has 0 saturated heterocycles. The van der Waals surface area contributed by atoms with E-state index in [1.165, 1.54) is 29.7 Å². The molecule has 0 aliphatic carbocycles. The van der Waals surface area contributed by atoms with Crippen LogP contribution in [0.1, 0.15) is 73.8 Å². The number of hydrogen-bond acceptors (Lipinski definition) is 0. The van der Waals surface area contributed by atoms with Crippen molar-refractivity contribution in [3.05, 3.63) is 71.6 Å². The zero-order valence-corrected chi connectivity index (χ0v) is 18.5. The lowest BCUT2D eigenvalue weighted by Gasteiger charge is -1.95. The van der Waals surface area contributed by atoms with E-state index in [4.69, 9.17) is 11.6 Å². The Kier molecular flexibility index (Phi) is 34.6. The summed E-state index contributed by atoms with van der Waals surface area (Å²) in [6, 6.07) is 6.67. The van der Waals surface area contributed by atoms with Crippen LogP contribution in [0.25, 0.3) is 0 Å². The molecule has 0 aliphatic heterocycles. The van der Waals surface area contributed by atoms with Gasteiger partial charge in [-0.25, -0.2) is 4.39 Å². The van der Waals surface area contributed by atoms with Crippen LogP contribution in [0.15, 0.2) is 60.2 Å². The van der Waals surface area contributed by atoms with Gasteiger partial charge < -0.3 is 0 Å². The normalized spacial score (nSPS) is 8.64. The van der Waals surface area contributed by atoms with Crippen LogP contribution in [-0.2, 0) is 6.42 Å². The fraction of sp³-hybridized carbons (Fsp3) is 0.478. The van der Waals surface area contributed by atoms with Crippen LogP contribution in [0.2, 0.25) is 0 Å². The van der Waals surface area contributed by atoms with E-state index in [2.05, 4.69) is 46.9 Å². The summed E-state index contributed by atoms with van der Waals surface area (Å²) in [6.45, 7) is 22.8. The molecule has 0 aliphatic rings. The highest BCUT2D eigenvalue weighted by Crippen LogP contribution is 2.04. The van der Waals surface area contributed by atoms with Gasteiger partial charge in [-0.2, -0.15) is 0 Å². The number of aryl methyl sites for hydroxylation is 1. The van der Waals surface area contributed by atoms with Crippen molar-refractivity contribution < 1.29 is 4.39 Å². The summed E-state index contributed by atoms with van der Waals surface area (Å²) in [6.07, 6.45) is 7.24.